The maximum atomic E-state index is 3.48. The van der Waals surface area contributed by atoms with Crippen molar-refractivity contribution < 1.29 is 0 Å². The Morgan fingerprint density at radius 3 is 2.47 bits per heavy atom. The van der Waals surface area contributed by atoms with Crippen LogP contribution in [0, 0.1) is 0 Å². The van der Waals surface area contributed by atoms with Gasteiger partial charge in [0.15, 0.2) is 0 Å². The molecule has 2 nitrogen and oxygen atoms in total. The highest BCUT2D eigenvalue weighted by Gasteiger charge is 2.19. The molecule has 0 aromatic rings. The molecule has 90 valence electrons. The first-order chi connectivity index (χ1) is 7.24. The van der Waals surface area contributed by atoms with E-state index < -0.39 is 0 Å². The average Bonchev–Trinajstić information content (AvgIpc) is 2.25. The van der Waals surface area contributed by atoms with Crippen molar-refractivity contribution in [3.8, 4) is 0 Å². The van der Waals surface area contributed by atoms with E-state index in [0.29, 0.717) is 0 Å². The summed E-state index contributed by atoms with van der Waals surface area (Å²) < 4.78 is 0. The van der Waals surface area contributed by atoms with Crippen molar-refractivity contribution >= 4 is 15.9 Å². The summed E-state index contributed by atoms with van der Waals surface area (Å²) in [4.78, 5) is 5.01. The Balaban J connectivity index is 2.08. The number of piperidine rings is 1. The van der Waals surface area contributed by atoms with Crippen LogP contribution < -0.4 is 0 Å². The van der Waals surface area contributed by atoms with Crippen molar-refractivity contribution in [2.24, 2.45) is 0 Å². The SMILES string of the molecule is CN1CCC(N(C)CCCCCBr)CC1. The normalized spacial score (nSPS) is 20.0. The van der Waals surface area contributed by atoms with E-state index in [1.54, 1.807) is 0 Å². The third kappa shape index (κ3) is 5.32. The summed E-state index contributed by atoms with van der Waals surface area (Å²) in [6, 6.07) is 0.838. The number of nitrogens with zero attached hydrogens (tertiary/aromatic N) is 2. The predicted molar refractivity (Wildman–Crippen MR) is 70.8 cm³/mol. The lowest BCUT2D eigenvalue weighted by atomic mass is 10.0. The standard InChI is InChI=1S/C12H25BrN2/c1-14-10-6-12(7-11-14)15(2)9-5-3-4-8-13/h12H,3-11H2,1-2H3. The van der Waals surface area contributed by atoms with Crippen LogP contribution in [0.3, 0.4) is 0 Å². The summed E-state index contributed by atoms with van der Waals surface area (Å²) in [5.41, 5.74) is 0. The number of hydrogen-bond acceptors (Lipinski definition) is 2. The summed E-state index contributed by atoms with van der Waals surface area (Å²) in [7, 11) is 4.52. The number of rotatable bonds is 6. The second-order valence-electron chi connectivity index (χ2n) is 4.76. The molecule has 0 aliphatic carbocycles. The van der Waals surface area contributed by atoms with E-state index in [1.165, 1.54) is 51.7 Å². The number of unbranched alkanes of at least 4 members (excludes halogenated alkanes) is 2. The molecule has 0 amide bonds. The van der Waals surface area contributed by atoms with Crippen LogP contribution >= 0.6 is 15.9 Å². The fourth-order valence-corrected chi connectivity index (χ4v) is 2.65. The minimum absolute atomic E-state index is 0.838. The minimum Gasteiger partial charge on any atom is -0.306 e. The zero-order chi connectivity index (χ0) is 11.1. The Morgan fingerprint density at radius 1 is 1.20 bits per heavy atom. The van der Waals surface area contributed by atoms with Crippen LogP contribution in [0.1, 0.15) is 32.1 Å². The average molecular weight is 277 g/mol. The molecule has 1 fully saturated rings. The first kappa shape index (κ1) is 13.5. The lowest BCUT2D eigenvalue weighted by molar-refractivity contribution is 0.143. The Bertz CT molecular complexity index is 156. The van der Waals surface area contributed by atoms with E-state index >= 15 is 0 Å². The van der Waals surface area contributed by atoms with Crippen LogP contribution in [-0.2, 0) is 0 Å². The molecule has 1 aliphatic rings. The van der Waals surface area contributed by atoms with Crippen LogP contribution in [0.5, 0.6) is 0 Å². The highest BCUT2D eigenvalue weighted by molar-refractivity contribution is 9.09. The largest absolute Gasteiger partial charge is 0.306 e. The van der Waals surface area contributed by atoms with Crippen LogP contribution in [0.15, 0.2) is 0 Å². The molecule has 1 saturated heterocycles. The molecule has 1 aliphatic heterocycles. The predicted octanol–water partition coefficient (Wildman–Crippen LogP) is 2.58. The van der Waals surface area contributed by atoms with Crippen molar-refractivity contribution in [1.29, 1.82) is 0 Å². The third-order valence-corrected chi connectivity index (χ3v) is 4.02. The molecule has 0 bridgehead atoms. The van der Waals surface area contributed by atoms with Crippen molar-refractivity contribution in [1.82, 2.24) is 9.80 Å². The summed E-state index contributed by atoms with van der Waals surface area (Å²) in [5, 5.41) is 1.16. The van der Waals surface area contributed by atoms with Gasteiger partial charge in [0.25, 0.3) is 0 Å². The third-order valence-electron chi connectivity index (χ3n) is 3.46. The molecular formula is C12H25BrN2. The highest BCUT2D eigenvalue weighted by Crippen LogP contribution is 2.14. The molecule has 0 unspecified atom stereocenters. The molecule has 0 N–H and O–H groups in total. The molecule has 0 spiro atoms. The van der Waals surface area contributed by atoms with E-state index in [-0.39, 0.29) is 0 Å². The molecule has 0 aromatic heterocycles. The summed E-state index contributed by atoms with van der Waals surface area (Å²) >= 11 is 3.48. The first-order valence-electron chi connectivity index (χ1n) is 6.19. The van der Waals surface area contributed by atoms with Gasteiger partial charge in [0.1, 0.15) is 0 Å². The lowest BCUT2D eigenvalue weighted by Crippen LogP contribution is -2.42. The number of halogens is 1. The van der Waals surface area contributed by atoms with Crippen LogP contribution in [-0.4, -0.2) is 54.9 Å². The van der Waals surface area contributed by atoms with Gasteiger partial charge in [-0.3, -0.25) is 0 Å². The molecule has 0 saturated carbocycles. The van der Waals surface area contributed by atoms with Gasteiger partial charge in [-0.2, -0.15) is 0 Å². The second-order valence-corrected chi connectivity index (χ2v) is 5.56. The first-order valence-corrected chi connectivity index (χ1v) is 7.31. The summed E-state index contributed by atoms with van der Waals surface area (Å²) in [6.45, 7) is 3.83. The Kier molecular flexibility index (Phi) is 6.86. The second kappa shape index (κ2) is 7.64. The van der Waals surface area contributed by atoms with Gasteiger partial charge < -0.3 is 9.80 Å². The molecule has 15 heavy (non-hydrogen) atoms. The molecule has 1 heterocycles. The van der Waals surface area contributed by atoms with E-state index in [1.807, 2.05) is 0 Å². The van der Waals surface area contributed by atoms with Crippen molar-refractivity contribution in [2.45, 2.75) is 38.1 Å². The maximum absolute atomic E-state index is 3.48. The highest BCUT2D eigenvalue weighted by atomic mass is 79.9. The van der Waals surface area contributed by atoms with Gasteiger partial charge in [0.2, 0.25) is 0 Å². The Morgan fingerprint density at radius 2 is 1.87 bits per heavy atom. The van der Waals surface area contributed by atoms with Gasteiger partial charge in [0, 0.05) is 11.4 Å². The molecule has 1 rings (SSSR count). The van der Waals surface area contributed by atoms with Gasteiger partial charge in [0.05, 0.1) is 0 Å². The van der Waals surface area contributed by atoms with Crippen LogP contribution in [0.25, 0.3) is 0 Å². The van der Waals surface area contributed by atoms with Gasteiger partial charge in [-0.1, -0.05) is 22.4 Å². The van der Waals surface area contributed by atoms with Gasteiger partial charge in [-0.05, 0) is 59.4 Å². The van der Waals surface area contributed by atoms with E-state index in [2.05, 4.69) is 39.8 Å². The van der Waals surface area contributed by atoms with Gasteiger partial charge >= 0.3 is 0 Å². The topological polar surface area (TPSA) is 6.48 Å². The zero-order valence-corrected chi connectivity index (χ0v) is 11.8. The maximum Gasteiger partial charge on any atom is 0.0117 e. The van der Waals surface area contributed by atoms with Crippen LogP contribution in [0.2, 0.25) is 0 Å². The summed E-state index contributed by atoms with van der Waals surface area (Å²) in [6.07, 6.45) is 6.74. The monoisotopic (exact) mass is 276 g/mol. The molecule has 0 atom stereocenters. The van der Waals surface area contributed by atoms with Gasteiger partial charge in [-0.15, -0.1) is 0 Å². The van der Waals surface area contributed by atoms with Crippen molar-refractivity contribution in [2.75, 3.05) is 39.1 Å². The van der Waals surface area contributed by atoms with Gasteiger partial charge in [-0.25, -0.2) is 0 Å². The van der Waals surface area contributed by atoms with Crippen molar-refractivity contribution in [3.05, 3.63) is 0 Å². The van der Waals surface area contributed by atoms with E-state index in [9.17, 15) is 0 Å². The Labute approximate surface area is 103 Å². The van der Waals surface area contributed by atoms with Crippen molar-refractivity contribution in [3.63, 3.8) is 0 Å². The molecular weight excluding hydrogens is 252 g/mol. The van der Waals surface area contributed by atoms with Crippen LogP contribution in [0.4, 0.5) is 0 Å². The zero-order valence-electron chi connectivity index (χ0n) is 10.2. The van der Waals surface area contributed by atoms with E-state index in [0.717, 1.165) is 11.4 Å². The fourth-order valence-electron chi connectivity index (χ4n) is 2.25. The fraction of sp³-hybridized carbons (Fsp3) is 1.00. The molecule has 0 radical (unpaired) electrons. The molecule has 3 heteroatoms. The number of likely N-dealkylation sites (tertiary alicyclic amines) is 1. The summed E-state index contributed by atoms with van der Waals surface area (Å²) in [5.74, 6) is 0. The van der Waals surface area contributed by atoms with E-state index in [4.69, 9.17) is 0 Å². The number of hydrogen-bond donors (Lipinski definition) is 0. The smallest absolute Gasteiger partial charge is 0.0117 e. The Hall–Kier alpha value is 0.400. The lowest BCUT2D eigenvalue weighted by Gasteiger charge is -2.35. The minimum atomic E-state index is 0.838. The molecule has 0 aromatic carbocycles. The number of alkyl halides is 1. The quantitative estimate of drug-likeness (QED) is 0.544.